The number of carbonyl (C=O) groups is 1. The largest absolute Gasteiger partial charge is 0.423 e. The Bertz CT molecular complexity index is 411. The maximum Gasteiger partial charge on any atom is 0.335 e. The number of esters is 1. The Kier molecular flexibility index (Phi) is 5.73. The second kappa shape index (κ2) is 7.79. The molecule has 2 aliphatic heterocycles. The minimum Gasteiger partial charge on any atom is -0.423 e. The standard InChI is InChI=1S/C9H8O2.C6H10O3/c1-2-9(10)11-8-6-4-3-5-7-8;1(5-3-8-5)7-2-6-4-9-6/h2-7H,1H2;5-6H,1-4H2. The van der Waals surface area contributed by atoms with Gasteiger partial charge in [0.05, 0.1) is 26.4 Å². The molecule has 1 aromatic rings. The lowest BCUT2D eigenvalue weighted by Gasteiger charge is -1.98. The number of rotatable bonds is 6. The molecule has 2 unspecified atom stereocenters. The van der Waals surface area contributed by atoms with Crippen molar-refractivity contribution in [3.63, 3.8) is 0 Å². The van der Waals surface area contributed by atoms with Crippen LogP contribution in [-0.2, 0) is 19.0 Å². The molecular formula is C15H18O5. The topological polar surface area (TPSA) is 60.6 Å². The normalized spacial score (nSPS) is 22.2. The van der Waals surface area contributed by atoms with Crippen LogP contribution < -0.4 is 4.74 Å². The highest BCUT2D eigenvalue weighted by molar-refractivity contribution is 5.83. The summed E-state index contributed by atoms with van der Waals surface area (Å²) in [6.07, 6.45) is 1.92. The highest BCUT2D eigenvalue weighted by Crippen LogP contribution is 2.12. The van der Waals surface area contributed by atoms with Gasteiger partial charge in [-0.25, -0.2) is 4.79 Å². The fraction of sp³-hybridized carbons (Fsp3) is 0.400. The van der Waals surface area contributed by atoms with E-state index in [1.807, 2.05) is 6.07 Å². The molecule has 5 heteroatoms. The first-order valence-electron chi connectivity index (χ1n) is 6.48. The van der Waals surface area contributed by atoms with Gasteiger partial charge in [0.25, 0.3) is 0 Å². The SMILES string of the molecule is C(OCC1CO1)C1CO1.C=CC(=O)Oc1ccccc1. The van der Waals surface area contributed by atoms with Gasteiger partial charge in [0.2, 0.25) is 0 Å². The van der Waals surface area contributed by atoms with E-state index in [1.54, 1.807) is 24.3 Å². The molecule has 3 rings (SSSR count). The zero-order valence-electron chi connectivity index (χ0n) is 11.2. The average molecular weight is 278 g/mol. The summed E-state index contributed by atoms with van der Waals surface area (Å²) in [5.41, 5.74) is 0. The average Bonchev–Trinajstić information content (AvgIpc) is 3.35. The molecule has 2 atom stereocenters. The van der Waals surface area contributed by atoms with Crippen molar-refractivity contribution in [1.82, 2.24) is 0 Å². The fourth-order valence-electron chi connectivity index (χ4n) is 1.31. The first-order chi connectivity index (χ1) is 9.78. The Morgan fingerprint density at radius 2 is 1.75 bits per heavy atom. The lowest BCUT2D eigenvalue weighted by atomic mass is 10.3. The molecule has 0 saturated carbocycles. The summed E-state index contributed by atoms with van der Waals surface area (Å²) in [7, 11) is 0. The van der Waals surface area contributed by atoms with Crippen molar-refractivity contribution in [3.8, 4) is 5.75 Å². The Balaban J connectivity index is 0.000000149. The van der Waals surface area contributed by atoms with Gasteiger partial charge in [-0.15, -0.1) is 0 Å². The summed E-state index contributed by atoms with van der Waals surface area (Å²) in [6, 6.07) is 8.87. The van der Waals surface area contributed by atoms with Gasteiger partial charge in [-0.3, -0.25) is 0 Å². The van der Waals surface area contributed by atoms with Gasteiger partial charge in [-0.1, -0.05) is 24.8 Å². The van der Waals surface area contributed by atoms with E-state index in [-0.39, 0.29) is 0 Å². The molecule has 0 amide bonds. The number of ether oxygens (including phenoxy) is 4. The molecule has 0 aliphatic carbocycles. The summed E-state index contributed by atoms with van der Waals surface area (Å²) in [4.78, 5) is 10.6. The third-order valence-electron chi connectivity index (χ3n) is 2.54. The molecule has 0 spiro atoms. The number of epoxide rings is 2. The van der Waals surface area contributed by atoms with Crippen molar-refractivity contribution >= 4 is 5.97 Å². The van der Waals surface area contributed by atoms with Gasteiger partial charge in [0, 0.05) is 6.08 Å². The molecular weight excluding hydrogens is 260 g/mol. The maximum absolute atomic E-state index is 10.6. The zero-order valence-corrected chi connectivity index (χ0v) is 11.2. The molecule has 20 heavy (non-hydrogen) atoms. The van der Waals surface area contributed by atoms with Crippen molar-refractivity contribution in [3.05, 3.63) is 43.0 Å². The van der Waals surface area contributed by atoms with Crippen molar-refractivity contribution < 1.29 is 23.7 Å². The van der Waals surface area contributed by atoms with Crippen LogP contribution in [0.15, 0.2) is 43.0 Å². The highest BCUT2D eigenvalue weighted by Gasteiger charge is 2.26. The van der Waals surface area contributed by atoms with Crippen molar-refractivity contribution in [2.24, 2.45) is 0 Å². The van der Waals surface area contributed by atoms with E-state index in [4.69, 9.17) is 18.9 Å². The number of benzene rings is 1. The predicted octanol–water partition coefficient (Wildman–Crippen LogP) is 1.58. The van der Waals surface area contributed by atoms with Crippen LogP contribution in [0.4, 0.5) is 0 Å². The summed E-state index contributed by atoms with van der Waals surface area (Å²) >= 11 is 0. The van der Waals surface area contributed by atoms with Crippen LogP contribution in [0.25, 0.3) is 0 Å². The molecule has 1 aromatic carbocycles. The van der Waals surface area contributed by atoms with Crippen molar-refractivity contribution in [2.45, 2.75) is 12.2 Å². The Morgan fingerprint density at radius 1 is 1.20 bits per heavy atom. The van der Waals surface area contributed by atoms with Crippen molar-refractivity contribution in [1.29, 1.82) is 0 Å². The second-order valence-electron chi connectivity index (χ2n) is 4.39. The number of hydrogen-bond acceptors (Lipinski definition) is 5. The summed E-state index contributed by atoms with van der Waals surface area (Å²) in [5.74, 6) is 0.105. The van der Waals surface area contributed by atoms with E-state index in [0.29, 0.717) is 18.0 Å². The van der Waals surface area contributed by atoms with E-state index < -0.39 is 5.97 Å². The van der Waals surface area contributed by atoms with E-state index in [9.17, 15) is 4.79 Å². The summed E-state index contributed by atoms with van der Waals surface area (Å²) < 4.78 is 19.9. The molecule has 0 bridgehead atoms. The quantitative estimate of drug-likeness (QED) is 0.342. The van der Waals surface area contributed by atoms with Crippen LogP contribution in [0.1, 0.15) is 0 Å². The maximum atomic E-state index is 10.6. The van der Waals surface area contributed by atoms with Crippen LogP contribution in [-0.4, -0.2) is 44.6 Å². The molecule has 2 saturated heterocycles. The summed E-state index contributed by atoms with van der Waals surface area (Å²) in [5, 5.41) is 0. The first kappa shape index (κ1) is 14.7. The van der Waals surface area contributed by atoms with Crippen molar-refractivity contribution in [2.75, 3.05) is 26.4 Å². The molecule has 108 valence electrons. The van der Waals surface area contributed by atoms with Gasteiger partial charge < -0.3 is 18.9 Å². The predicted molar refractivity (Wildman–Crippen MR) is 72.6 cm³/mol. The summed E-state index contributed by atoms with van der Waals surface area (Å²) in [6.45, 7) is 6.54. The first-order valence-corrected chi connectivity index (χ1v) is 6.48. The van der Waals surface area contributed by atoms with Crippen LogP contribution in [0.3, 0.4) is 0 Å². The van der Waals surface area contributed by atoms with Gasteiger partial charge in [-0.2, -0.15) is 0 Å². The van der Waals surface area contributed by atoms with Gasteiger partial charge in [-0.05, 0) is 12.1 Å². The lowest BCUT2D eigenvalue weighted by molar-refractivity contribution is -0.128. The number of para-hydroxylation sites is 1. The fourth-order valence-corrected chi connectivity index (χ4v) is 1.31. The molecule has 2 heterocycles. The number of carbonyl (C=O) groups excluding carboxylic acids is 1. The number of hydrogen-bond donors (Lipinski definition) is 0. The van der Waals surface area contributed by atoms with E-state index in [2.05, 4.69) is 6.58 Å². The Labute approximate surface area is 118 Å². The molecule has 0 N–H and O–H groups in total. The van der Waals surface area contributed by atoms with Gasteiger partial charge in [0.15, 0.2) is 0 Å². The van der Waals surface area contributed by atoms with Crippen LogP contribution in [0, 0.1) is 0 Å². The minimum atomic E-state index is -0.434. The smallest absolute Gasteiger partial charge is 0.335 e. The lowest BCUT2D eigenvalue weighted by Crippen LogP contribution is -2.06. The Morgan fingerprint density at radius 3 is 2.20 bits per heavy atom. The van der Waals surface area contributed by atoms with Crippen LogP contribution >= 0.6 is 0 Å². The zero-order chi connectivity index (χ0) is 14.2. The second-order valence-corrected chi connectivity index (χ2v) is 4.39. The Hall–Kier alpha value is -1.69. The van der Waals surface area contributed by atoms with Crippen LogP contribution in [0.5, 0.6) is 5.75 Å². The molecule has 2 aliphatic rings. The third-order valence-corrected chi connectivity index (χ3v) is 2.54. The highest BCUT2D eigenvalue weighted by atomic mass is 16.6. The molecule has 5 nitrogen and oxygen atoms in total. The molecule has 0 aromatic heterocycles. The van der Waals surface area contributed by atoms with Gasteiger partial charge >= 0.3 is 5.97 Å². The van der Waals surface area contributed by atoms with E-state index in [1.165, 1.54) is 0 Å². The van der Waals surface area contributed by atoms with E-state index >= 15 is 0 Å². The van der Waals surface area contributed by atoms with Crippen LogP contribution in [0.2, 0.25) is 0 Å². The molecule has 2 fully saturated rings. The molecule has 0 radical (unpaired) electrons. The monoisotopic (exact) mass is 278 g/mol. The van der Waals surface area contributed by atoms with E-state index in [0.717, 1.165) is 32.5 Å². The third kappa shape index (κ3) is 6.47. The van der Waals surface area contributed by atoms with Gasteiger partial charge in [0.1, 0.15) is 18.0 Å². The minimum absolute atomic E-state index is 0.392.